The number of nitrogens with zero attached hydrogens (tertiary/aromatic N) is 4. The van der Waals surface area contributed by atoms with Gasteiger partial charge in [-0.2, -0.15) is 27.1 Å². The van der Waals surface area contributed by atoms with Crippen LogP contribution in [-0.4, -0.2) is 31.8 Å². The maximum absolute atomic E-state index is 11.7. The van der Waals surface area contributed by atoms with Gasteiger partial charge in [0, 0.05) is 12.6 Å². The highest BCUT2D eigenvalue weighted by Crippen LogP contribution is 2.34. The normalized spacial score (nSPS) is 12.4. The number of carbonyl (C=O) groups is 1. The lowest BCUT2D eigenvalue weighted by Gasteiger charge is -2.08. The highest BCUT2D eigenvalue weighted by atomic mass is 32.2. The Morgan fingerprint density at radius 1 is 0.757 bits per heavy atom. The number of nitrogens with one attached hydrogen (secondary N) is 1. The second kappa shape index (κ2) is 10.5. The molecule has 3 aromatic carbocycles. The van der Waals surface area contributed by atoms with E-state index >= 15 is 0 Å². The minimum Gasteiger partial charge on any atom is -0.399 e. The molecule has 0 saturated carbocycles. The van der Waals surface area contributed by atoms with Gasteiger partial charge in [-0.1, -0.05) is 0 Å². The summed E-state index contributed by atoms with van der Waals surface area (Å²) in [5.41, 5.74) is 8.41. The maximum atomic E-state index is 11.7. The summed E-state index contributed by atoms with van der Waals surface area (Å²) in [4.78, 5) is 10.1. The van der Waals surface area contributed by atoms with Crippen LogP contribution in [0.2, 0.25) is 0 Å². The van der Waals surface area contributed by atoms with Crippen molar-refractivity contribution in [2.24, 2.45) is 20.5 Å². The lowest BCUT2D eigenvalue weighted by molar-refractivity contribution is -0.114. The fourth-order valence-corrected chi connectivity index (χ4v) is 4.21. The van der Waals surface area contributed by atoms with Gasteiger partial charge in [0.1, 0.15) is 16.3 Å². The number of aryl methyl sites for hydroxylation is 2. The van der Waals surface area contributed by atoms with E-state index in [0.29, 0.717) is 39.6 Å². The van der Waals surface area contributed by atoms with Gasteiger partial charge < -0.3 is 11.1 Å². The van der Waals surface area contributed by atoms with E-state index in [1.807, 2.05) is 0 Å². The van der Waals surface area contributed by atoms with E-state index in [1.54, 1.807) is 44.2 Å². The first kappa shape index (κ1) is 27.5. The Hall–Kier alpha value is -4.05. The third kappa shape index (κ3) is 7.01. The number of azo groups is 2. The molecule has 0 spiro atoms. The fraction of sp³-hybridized carbons (Fsp3) is 0.136. The lowest BCUT2D eigenvalue weighted by Crippen LogP contribution is -2.06. The molecule has 0 aliphatic heterocycles. The molecule has 0 fully saturated rings. The topological polar surface area (TPSA) is 213 Å². The fourth-order valence-electron chi connectivity index (χ4n) is 3.10. The summed E-state index contributed by atoms with van der Waals surface area (Å²) in [5.74, 6) is -0.303. The largest absolute Gasteiger partial charge is 0.399 e. The van der Waals surface area contributed by atoms with Crippen LogP contribution in [0.4, 0.5) is 34.1 Å². The Kier molecular flexibility index (Phi) is 7.83. The molecule has 0 saturated heterocycles. The number of hydrogen-bond acceptors (Lipinski definition) is 10. The molecule has 0 aliphatic carbocycles. The molecule has 13 nitrogen and oxygen atoms in total. The summed E-state index contributed by atoms with van der Waals surface area (Å²) in [6.45, 7) is 4.74. The van der Waals surface area contributed by atoms with Gasteiger partial charge in [-0.15, -0.1) is 10.2 Å². The molecule has 0 heterocycles. The molecule has 3 rings (SSSR count). The van der Waals surface area contributed by atoms with Crippen LogP contribution in [-0.2, 0) is 25.0 Å². The molecule has 0 unspecified atom stereocenters. The van der Waals surface area contributed by atoms with E-state index in [4.69, 9.17) is 5.73 Å². The predicted molar refractivity (Wildman–Crippen MR) is 135 cm³/mol. The zero-order valence-electron chi connectivity index (χ0n) is 19.7. The summed E-state index contributed by atoms with van der Waals surface area (Å²) in [7, 11) is -9.43. The van der Waals surface area contributed by atoms with E-state index in [-0.39, 0.29) is 5.91 Å². The Balaban J connectivity index is 1.98. The molecule has 1 amide bonds. The number of nitrogens with two attached hydrogens (primary N) is 1. The number of hydrogen-bond donors (Lipinski definition) is 4. The molecule has 0 atom stereocenters. The van der Waals surface area contributed by atoms with E-state index < -0.39 is 35.7 Å². The number of amides is 1. The smallest absolute Gasteiger partial charge is 0.296 e. The van der Waals surface area contributed by atoms with Crippen molar-refractivity contribution in [2.75, 3.05) is 11.1 Å². The van der Waals surface area contributed by atoms with Crippen LogP contribution in [0.25, 0.3) is 0 Å². The van der Waals surface area contributed by atoms with E-state index in [9.17, 15) is 30.7 Å². The standard InChI is InChI=1S/C22H22N6O7S2/c1-12-9-19(27-28-21-11-16(36(30,31)32)5-7-22(21)37(33,34)35)13(2)8-18(12)26-25-17-6-4-15(23)10-20(17)24-14(3)29/h4-11H,23H2,1-3H3,(H,24,29)(H,30,31,32)(H,33,34,35). The van der Waals surface area contributed by atoms with Gasteiger partial charge in [0.15, 0.2) is 0 Å². The van der Waals surface area contributed by atoms with Crippen molar-refractivity contribution in [3.63, 3.8) is 0 Å². The van der Waals surface area contributed by atoms with Crippen molar-refractivity contribution in [1.82, 2.24) is 0 Å². The molecule has 15 heteroatoms. The number of benzene rings is 3. The number of carbonyl (C=O) groups excluding carboxylic acids is 1. The van der Waals surface area contributed by atoms with E-state index in [0.717, 1.165) is 18.2 Å². The lowest BCUT2D eigenvalue weighted by atomic mass is 10.1. The van der Waals surface area contributed by atoms with Gasteiger partial charge in [-0.3, -0.25) is 13.9 Å². The minimum absolute atomic E-state index is 0.293. The van der Waals surface area contributed by atoms with Crippen LogP contribution < -0.4 is 11.1 Å². The van der Waals surface area contributed by atoms with Crippen LogP contribution in [0, 0.1) is 13.8 Å². The van der Waals surface area contributed by atoms with E-state index in [1.165, 1.54) is 6.92 Å². The summed E-state index contributed by atoms with van der Waals surface area (Å²) >= 11 is 0. The molecule has 0 radical (unpaired) electrons. The summed E-state index contributed by atoms with van der Waals surface area (Å²) in [6, 6.07) is 10.4. The maximum Gasteiger partial charge on any atom is 0.296 e. The average Bonchev–Trinajstić information content (AvgIpc) is 2.77. The highest BCUT2D eigenvalue weighted by molar-refractivity contribution is 7.86. The third-order valence-corrected chi connectivity index (χ3v) is 6.63. The van der Waals surface area contributed by atoms with Gasteiger partial charge in [-0.25, -0.2) is 0 Å². The zero-order valence-corrected chi connectivity index (χ0v) is 21.4. The molecule has 0 aliphatic rings. The summed E-state index contributed by atoms with van der Waals surface area (Å²) in [6.07, 6.45) is 0. The Morgan fingerprint density at radius 2 is 1.30 bits per heavy atom. The number of anilines is 2. The summed E-state index contributed by atoms with van der Waals surface area (Å²) < 4.78 is 64.9. The van der Waals surface area contributed by atoms with E-state index in [2.05, 4.69) is 25.8 Å². The second-order valence-corrected chi connectivity index (χ2v) is 10.7. The molecule has 5 N–H and O–H groups in total. The first-order chi connectivity index (χ1) is 17.1. The zero-order chi connectivity index (χ0) is 27.5. The Morgan fingerprint density at radius 3 is 1.81 bits per heavy atom. The molecule has 37 heavy (non-hydrogen) atoms. The SMILES string of the molecule is CC(=O)Nc1cc(N)ccc1N=Nc1cc(C)c(N=Nc2cc(S(=O)(=O)O)ccc2S(=O)(=O)O)cc1C. The average molecular weight is 547 g/mol. The Labute approximate surface area is 212 Å². The van der Waals surface area contributed by atoms with Crippen LogP contribution >= 0.6 is 0 Å². The Bertz CT molecular complexity index is 1670. The number of rotatable bonds is 7. The van der Waals surface area contributed by atoms with Crippen molar-refractivity contribution in [2.45, 2.75) is 30.6 Å². The first-order valence-electron chi connectivity index (χ1n) is 10.4. The molecule has 0 aromatic heterocycles. The van der Waals surface area contributed by atoms with Crippen LogP contribution in [0.1, 0.15) is 18.1 Å². The van der Waals surface area contributed by atoms with Crippen LogP contribution in [0.15, 0.2) is 78.8 Å². The molecule has 194 valence electrons. The van der Waals surface area contributed by atoms with Gasteiger partial charge in [0.05, 0.1) is 22.0 Å². The predicted octanol–water partition coefficient (Wildman–Crippen LogP) is 5.17. The van der Waals surface area contributed by atoms with Gasteiger partial charge >= 0.3 is 0 Å². The van der Waals surface area contributed by atoms with Crippen molar-refractivity contribution < 1.29 is 30.7 Å². The molecular formula is C22H22N6O7S2. The number of nitrogen functional groups attached to an aromatic ring is 1. The van der Waals surface area contributed by atoms with Crippen molar-refractivity contribution in [1.29, 1.82) is 0 Å². The molecule has 3 aromatic rings. The highest BCUT2D eigenvalue weighted by Gasteiger charge is 2.20. The minimum atomic E-state index is -4.76. The molecule has 0 bridgehead atoms. The van der Waals surface area contributed by atoms with Crippen LogP contribution in [0.3, 0.4) is 0 Å². The summed E-state index contributed by atoms with van der Waals surface area (Å²) in [5, 5.41) is 18.8. The quantitative estimate of drug-likeness (QED) is 0.176. The second-order valence-electron chi connectivity index (χ2n) is 7.86. The first-order valence-corrected chi connectivity index (χ1v) is 13.2. The van der Waals surface area contributed by atoms with Gasteiger partial charge in [0.2, 0.25) is 5.91 Å². The van der Waals surface area contributed by atoms with Crippen molar-refractivity contribution in [3.05, 3.63) is 59.7 Å². The molecular weight excluding hydrogens is 524 g/mol. The third-order valence-electron chi connectivity index (χ3n) is 4.88. The van der Waals surface area contributed by atoms with Crippen molar-refractivity contribution in [3.8, 4) is 0 Å². The monoisotopic (exact) mass is 546 g/mol. The van der Waals surface area contributed by atoms with Gasteiger partial charge in [0.25, 0.3) is 20.2 Å². The van der Waals surface area contributed by atoms with Crippen LogP contribution in [0.5, 0.6) is 0 Å². The van der Waals surface area contributed by atoms with Gasteiger partial charge in [-0.05, 0) is 73.5 Å². The van der Waals surface area contributed by atoms with Crippen molar-refractivity contribution >= 4 is 60.3 Å².